The van der Waals surface area contributed by atoms with Gasteiger partial charge in [-0.05, 0) is 58.3 Å². The minimum atomic E-state index is 0.101. The Bertz CT molecular complexity index is 3180. The predicted molar refractivity (Wildman–Crippen MR) is 282 cm³/mol. The first kappa shape index (κ1) is 51.7. The van der Waals surface area contributed by atoms with E-state index >= 15 is 0 Å². The van der Waals surface area contributed by atoms with Crippen LogP contribution in [0.2, 0.25) is 0 Å². The molecule has 0 aliphatic rings. The van der Waals surface area contributed by atoms with Gasteiger partial charge in [0, 0.05) is 41.9 Å². The van der Waals surface area contributed by atoms with E-state index in [-0.39, 0.29) is 33.2 Å². The maximum Gasteiger partial charge on any atom is 0.236 e. The van der Waals surface area contributed by atoms with E-state index in [1.54, 1.807) is 96.0 Å². The van der Waals surface area contributed by atoms with Crippen LogP contribution in [-0.2, 0) is 21.1 Å². The van der Waals surface area contributed by atoms with Gasteiger partial charge in [-0.25, -0.2) is 24.6 Å². The number of alkyl halides is 1. The second kappa shape index (κ2) is 26.2. The molecule has 6 aromatic heterocycles. The number of pyridine rings is 2. The zero-order valence-electron chi connectivity index (χ0n) is 36.7. The summed E-state index contributed by atoms with van der Waals surface area (Å²) >= 11 is 18.8. The van der Waals surface area contributed by atoms with Crippen LogP contribution in [0.5, 0.6) is 11.5 Å². The van der Waals surface area contributed by atoms with E-state index in [0.717, 1.165) is 26.3 Å². The molecule has 8 aromatic rings. The molecule has 0 bridgehead atoms. The molecule has 6 heterocycles. The van der Waals surface area contributed by atoms with Crippen LogP contribution in [0.1, 0.15) is 22.5 Å². The number of nitrogens with two attached hydrogens (primary N) is 2. The Kier molecular flexibility index (Phi) is 19.6. The van der Waals surface area contributed by atoms with Crippen molar-refractivity contribution in [3.05, 3.63) is 144 Å². The molecule has 0 fully saturated rings. The highest BCUT2D eigenvalue weighted by atomic mass is 35.5. The number of nitriles is 2. The lowest BCUT2D eigenvalue weighted by Crippen LogP contribution is -2.04. The Morgan fingerprint density at radius 1 is 0.710 bits per heavy atom. The Labute approximate surface area is 429 Å². The number of thiophene rings is 2. The van der Waals surface area contributed by atoms with E-state index in [4.69, 9.17) is 72.4 Å². The molecule has 0 unspecified atom stereocenters. The van der Waals surface area contributed by atoms with Crippen LogP contribution in [0.25, 0.3) is 51.7 Å². The molecule has 0 saturated carbocycles. The number of rotatable bonds is 16. The summed E-state index contributed by atoms with van der Waals surface area (Å²) in [5.74, 6) is 2.63. The van der Waals surface area contributed by atoms with Gasteiger partial charge in [0.25, 0.3) is 0 Å². The first-order chi connectivity index (χ1) is 33.7. The van der Waals surface area contributed by atoms with Crippen molar-refractivity contribution in [2.75, 3.05) is 52.1 Å². The molecular formula is C48H39ClN10O4S6. The number of thiazole rings is 2. The Balaban J connectivity index is 0.000000191. The van der Waals surface area contributed by atoms with E-state index < -0.39 is 0 Å². The Morgan fingerprint density at radius 3 is 1.67 bits per heavy atom. The largest absolute Gasteiger partial charge is 0.491 e. The number of nitrogens with one attached hydrogen (secondary N) is 1. The number of hydrogen-bond acceptors (Lipinski definition) is 17. The monoisotopic (exact) mass is 1050 g/mol. The van der Waals surface area contributed by atoms with Crippen molar-refractivity contribution in [1.29, 1.82) is 10.5 Å². The van der Waals surface area contributed by atoms with Crippen LogP contribution >= 0.6 is 80.9 Å². The first-order valence-corrected chi connectivity index (χ1v) is 25.6. The molecule has 0 aliphatic heterocycles. The van der Waals surface area contributed by atoms with Crippen LogP contribution in [-0.4, -0.2) is 60.6 Å². The lowest BCUT2D eigenvalue weighted by molar-refractivity contribution is 0.146. The molecule has 0 radical (unpaired) electrons. The van der Waals surface area contributed by atoms with Gasteiger partial charge in [0.1, 0.15) is 68.2 Å². The van der Waals surface area contributed by atoms with E-state index in [1.165, 1.54) is 16.6 Å². The van der Waals surface area contributed by atoms with Gasteiger partial charge in [0.15, 0.2) is 0 Å². The average Bonchev–Trinajstić information content (AvgIpc) is 4.23. The van der Waals surface area contributed by atoms with Crippen molar-refractivity contribution < 1.29 is 18.9 Å². The van der Waals surface area contributed by atoms with Gasteiger partial charge in [-0.2, -0.15) is 10.5 Å². The van der Waals surface area contributed by atoms with Crippen LogP contribution < -0.4 is 20.9 Å². The maximum atomic E-state index is 10.00. The molecule has 2 aromatic carbocycles. The fraction of sp³-hybridized carbons (Fsp3) is 0.167. The van der Waals surface area contributed by atoms with Crippen molar-refractivity contribution >= 4 is 104 Å². The number of anilines is 2. The smallest absolute Gasteiger partial charge is 0.236 e. The molecule has 0 spiro atoms. The molecule has 0 aliphatic carbocycles. The molecule has 0 saturated heterocycles. The van der Waals surface area contributed by atoms with E-state index in [2.05, 4.69) is 42.2 Å². The van der Waals surface area contributed by atoms with Gasteiger partial charge in [0.05, 0.1) is 64.5 Å². The van der Waals surface area contributed by atoms with Crippen molar-refractivity contribution in [2.45, 2.75) is 16.7 Å². The summed E-state index contributed by atoms with van der Waals surface area (Å²) in [6.45, 7) is 16.8. The van der Waals surface area contributed by atoms with E-state index in [9.17, 15) is 10.5 Å². The molecule has 0 amide bonds. The standard InChI is InChI=1S/C24H19N5O2S3.C16H14N4O2S.C8H6ClNS2/c1-27-21-20(15-5-7-17(8-6-15)31-10-9-30-2)18(12-25)23(29-22(21)26)33-13-16-14-34-24(28-16)19-4-3-11-32-19;1-19-14-13(12(9-17)16(23)20-15(14)18)10-3-5-11(6-4-10)22-8-7-21-2;9-4-6-5-12-8(10-6)7-2-1-3-11-7/h3-8,11,14H,9-10,13H2,2H3,(H2,26,29);3-6H,7-8H2,2H3,(H3,18,20,23);1-3,5H,4H2. The summed E-state index contributed by atoms with van der Waals surface area (Å²) in [4.78, 5) is 25.5. The van der Waals surface area contributed by atoms with Gasteiger partial charge < -0.3 is 35.4 Å². The summed E-state index contributed by atoms with van der Waals surface area (Å²) in [6, 6.07) is 26.7. The zero-order chi connectivity index (χ0) is 49.1. The molecular weight excluding hydrogens is 1010 g/mol. The van der Waals surface area contributed by atoms with Crippen molar-refractivity contribution in [3.63, 3.8) is 0 Å². The van der Waals surface area contributed by atoms with Gasteiger partial charge in [0.2, 0.25) is 11.4 Å². The van der Waals surface area contributed by atoms with Gasteiger partial charge in [-0.15, -0.1) is 56.9 Å². The first-order valence-electron chi connectivity index (χ1n) is 20.2. The van der Waals surface area contributed by atoms with E-state index in [0.29, 0.717) is 82.4 Å². The van der Waals surface area contributed by atoms with Crippen LogP contribution in [0.4, 0.5) is 23.0 Å². The molecule has 8 rings (SSSR count). The van der Waals surface area contributed by atoms with Crippen molar-refractivity contribution in [3.8, 4) is 65.7 Å². The third-order valence-electron chi connectivity index (χ3n) is 9.29. The minimum Gasteiger partial charge on any atom is -0.491 e. The summed E-state index contributed by atoms with van der Waals surface area (Å²) in [6.07, 6.45) is 0. The van der Waals surface area contributed by atoms with Crippen LogP contribution in [0.3, 0.4) is 0 Å². The van der Waals surface area contributed by atoms with E-state index in [1.807, 2.05) is 52.5 Å². The number of ether oxygens (including phenoxy) is 4. The number of aromatic nitrogens is 4. The summed E-state index contributed by atoms with van der Waals surface area (Å²) in [7, 11) is 3.22. The highest BCUT2D eigenvalue weighted by molar-refractivity contribution is 7.98. The molecule has 0 atom stereocenters. The lowest BCUT2D eigenvalue weighted by Gasteiger charge is -2.13. The highest BCUT2D eigenvalue weighted by Gasteiger charge is 2.22. The zero-order valence-corrected chi connectivity index (χ0v) is 42.4. The lowest BCUT2D eigenvalue weighted by atomic mass is 10.00. The number of halogens is 1. The molecule has 5 N–H and O–H groups in total. The average molecular weight is 1050 g/mol. The SMILES string of the molecule is ClCc1csc(-c2cccs2)n1.[C-]#[N+]c1c(N)[nH]c(=S)c(C#N)c1-c1ccc(OCCOC)cc1.[C-]#[N+]c1c(N)nc(SCc2csc(-c3cccs3)n2)c(C#N)c1-c1ccc(OCCOC)cc1. The number of nitrogens with zero attached hydrogens (tertiary/aromatic N) is 7. The molecule has 21 heteroatoms. The number of benzene rings is 2. The van der Waals surface area contributed by atoms with Crippen molar-refractivity contribution in [1.82, 2.24) is 19.9 Å². The molecule has 348 valence electrons. The summed E-state index contributed by atoms with van der Waals surface area (Å²) in [5.41, 5.74) is 17.0. The molecule has 14 nitrogen and oxygen atoms in total. The second-order valence-electron chi connectivity index (χ2n) is 13.7. The summed E-state index contributed by atoms with van der Waals surface area (Å²) < 4.78 is 21.2. The van der Waals surface area contributed by atoms with Gasteiger partial charge >= 0.3 is 0 Å². The van der Waals surface area contributed by atoms with Crippen LogP contribution in [0, 0.1) is 40.4 Å². The number of thioether (sulfide) groups is 1. The third-order valence-corrected chi connectivity index (χ3v) is 14.7. The molecule has 69 heavy (non-hydrogen) atoms. The number of H-pyrrole nitrogens is 1. The quantitative estimate of drug-likeness (QED) is 0.0272. The highest BCUT2D eigenvalue weighted by Crippen LogP contribution is 2.43. The number of hydrogen-bond donors (Lipinski definition) is 3. The number of aromatic amines is 1. The predicted octanol–water partition coefficient (Wildman–Crippen LogP) is 13.3. The number of methoxy groups -OCH3 is 2. The normalized spacial score (nSPS) is 10.3. The van der Waals surface area contributed by atoms with Gasteiger partial charge in [-0.1, -0.05) is 60.4 Å². The second-order valence-corrected chi connectivity index (χ2v) is 19.0. The van der Waals surface area contributed by atoms with Gasteiger partial charge in [-0.3, -0.25) is 0 Å². The third kappa shape index (κ3) is 13.5. The Morgan fingerprint density at radius 2 is 1.22 bits per heavy atom. The van der Waals surface area contributed by atoms with Crippen LogP contribution in [0.15, 0.2) is 99.3 Å². The fourth-order valence-corrected chi connectivity index (χ4v) is 10.9. The Hall–Kier alpha value is -6.66. The maximum absolute atomic E-state index is 10.00. The fourth-order valence-electron chi connectivity index (χ4n) is 6.12. The minimum absolute atomic E-state index is 0.101. The summed E-state index contributed by atoms with van der Waals surface area (Å²) in [5, 5.41) is 30.0. The topological polar surface area (TPSA) is 200 Å². The van der Waals surface area contributed by atoms with Crippen molar-refractivity contribution in [2.24, 2.45) is 0 Å². The number of nitrogen functional groups attached to an aromatic ring is 2.